The van der Waals surface area contributed by atoms with Gasteiger partial charge in [-0.15, -0.1) is 5.10 Å². The maximum Gasteiger partial charge on any atom is 0.387 e. The van der Waals surface area contributed by atoms with Gasteiger partial charge in [0.2, 0.25) is 0 Å². The van der Waals surface area contributed by atoms with Crippen LogP contribution in [-0.2, 0) is 7.05 Å². The summed E-state index contributed by atoms with van der Waals surface area (Å²) in [7, 11) is 1.61. The monoisotopic (exact) mass is 381 g/mol. The highest BCUT2D eigenvalue weighted by Crippen LogP contribution is 2.31. The third kappa shape index (κ3) is 3.07. The van der Waals surface area contributed by atoms with Gasteiger partial charge in [0.05, 0.1) is 5.02 Å². The van der Waals surface area contributed by atoms with Gasteiger partial charge in [-0.2, -0.15) is 8.78 Å². The Bertz CT molecular complexity index is 1040. The van der Waals surface area contributed by atoms with Gasteiger partial charge in [-0.1, -0.05) is 25.4 Å². The molecular weight excluding hydrogens is 364 g/mol. The quantitative estimate of drug-likeness (QED) is 0.673. The molecule has 8 heteroatoms. The molecule has 0 spiro atoms. The van der Waals surface area contributed by atoms with Gasteiger partial charge in [-0.25, -0.2) is 4.52 Å². The second kappa shape index (κ2) is 6.72. The molecule has 0 fully saturated rings. The van der Waals surface area contributed by atoms with E-state index >= 15 is 0 Å². The summed E-state index contributed by atoms with van der Waals surface area (Å²) < 4.78 is 32.1. The van der Waals surface area contributed by atoms with Crippen molar-refractivity contribution in [3.8, 4) is 17.1 Å². The smallest absolute Gasteiger partial charge is 0.387 e. The number of aromatic nitrogens is 3. The SMILES string of the molecule is Cc1cc(C(C)C)c2c(=O)n(C)c(-c3ccc(OC(F)F)cc3Cl)nn12. The lowest BCUT2D eigenvalue weighted by atomic mass is 10.1. The third-order valence-corrected chi connectivity index (χ3v) is 4.54. The van der Waals surface area contributed by atoms with E-state index in [0.29, 0.717) is 16.9 Å². The van der Waals surface area contributed by atoms with Gasteiger partial charge < -0.3 is 4.74 Å². The lowest BCUT2D eigenvalue weighted by Gasteiger charge is -2.13. The second-order valence-electron chi connectivity index (χ2n) is 6.36. The molecular formula is C18H18ClF2N3O2. The van der Waals surface area contributed by atoms with Crippen molar-refractivity contribution in [2.24, 2.45) is 7.05 Å². The molecule has 0 saturated carbocycles. The highest BCUT2D eigenvalue weighted by molar-refractivity contribution is 6.33. The van der Waals surface area contributed by atoms with Gasteiger partial charge in [-0.3, -0.25) is 9.36 Å². The molecule has 0 atom stereocenters. The molecule has 0 amide bonds. The molecule has 2 heterocycles. The lowest BCUT2D eigenvalue weighted by molar-refractivity contribution is -0.0498. The van der Waals surface area contributed by atoms with Crippen molar-refractivity contribution < 1.29 is 13.5 Å². The Morgan fingerprint density at radius 1 is 1.23 bits per heavy atom. The fourth-order valence-corrected chi connectivity index (χ4v) is 3.20. The van der Waals surface area contributed by atoms with E-state index in [1.54, 1.807) is 11.6 Å². The largest absolute Gasteiger partial charge is 0.435 e. The molecule has 0 aliphatic rings. The van der Waals surface area contributed by atoms with Crippen LogP contribution in [0, 0.1) is 6.92 Å². The van der Waals surface area contributed by atoms with E-state index in [0.717, 1.165) is 11.3 Å². The molecule has 0 aliphatic heterocycles. The summed E-state index contributed by atoms with van der Waals surface area (Å²) in [6.07, 6.45) is 0. The number of halogens is 3. The summed E-state index contributed by atoms with van der Waals surface area (Å²) >= 11 is 6.23. The molecule has 0 aliphatic carbocycles. The van der Waals surface area contributed by atoms with Crippen molar-refractivity contribution in [3.05, 3.63) is 50.9 Å². The van der Waals surface area contributed by atoms with Gasteiger partial charge in [0, 0.05) is 18.3 Å². The number of nitrogens with zero attached hydrogens (tertiary/aromatic N) is 3. The van der Waals surface area contributed by atoms with Gasteiger partial charge in [-0.05, 0) is 42.7 Å². The highest BCUT2D eigenvalue weighted by Gasteiger charge is 2.19. The van der Waals surface area contributed by atoms with Gasteiger partial charge in [0.25, 0.3) is 5.56 Å². The van der Waals surface area contributed by atoms with Crippen molar-refractivity contribution in [1.29, 1.82) is 0 Å². The normalized spacial score (nSPS) is 11.7. The molecule has 0 saturated heterocycles. The molecule has 2 aromatic heterocycles. The minimum atomic E-state index is -2.94. The van der Waals surface area contributed by atoms with E-state index in [4.69, 9.17) is 11.6 Å². The van der Waals surface area contributed by atoms with E-state index in [-0.39, 0.29) is 22.2 Å². The number of benzene rings is 1. The van der Waals surface area contributed by atoms with E-state index < -0.39 is 6.61 Å². The van der Waals surface area contributed by atoms with Crippen LogP contribution in [0.3, 0.4) is 0 Å². The van der Waals surface area contributed by atoms with Crippen LogP contribution < -0.4 is 10.3 Å². The predicted molar refractivity (Wildman–Crippen MR) is 96.3 cm³/mol. The first-order chi connectivity index (χ1) is 12.2. The Morgan fingerprint density at radius 3 is 2.50 bits per heavy atom. The molecule has 138 valence electrons. The molecule has 26 heavy (non-hydrogen) atoms. The maximum absolute atomic E-state index is 12.9. The first kappa shape index (κ1) is 18.4. The van der Waals surface area contributed by atoms with Crippen molar-refractivity contribution >= 4 is 17.1 Å². The zero-order chi connectivity index (χ0) is 19.2. The fraction of sp³-hybridized carbons (Fsp3) is 0.333. The minimum absolute atomic E-state index is 0.0564. The molecule has 3 rings (SSSR count). The zero-order valence-corrected chi connectivity index (χ0v) is 15.5. The van der Waals surface area contributed by atoms with Gasteiger partial charge in [0.1, 0.15) is 11.3 Å². The Balaban J connectivity index is 2.22. The average molecular weight is 382 g/mol. The first-order valence-corrected chi connectivity index (χ1v) is 8.42. The van der Waals surface area contributed by atoms with Crippen LogP contribution in [0.4, 0.5) is 8.78 Å². The summed E-state index contributed by atoms with van der Waals surface area (Å²) in [5.74, 6) is 0.456. The molecule has 0 radical (unpaired) electrons. The average Bonchev–Trinajstić information content (AvgIpc) is 2.88. The van der Waals surface area contributed by atoms with Crippen LogP contribution in [0.5, 0.6) is 5.75 Å². The summed E-state index contributed by atoms with van der Waals surface area (Å²) in [4.78, 5) is 12.9. The van der Waals surface area contributed by atoms with Crippen LogP contribution in [0.15, 0.2) is 29.1 Å². The van der Waals surface area contributed by atoms with Crippen LogP contribution >= 0.6 is 11.6 Å². The minimum Gasteiger partial charge on any atom is -0.435 e. The molecule has 0 unspecified atom stereocenters. The van der Waals surface area contributed by atoms with E-state index in [2.05, 4.69) is 9.84 Å². The molecule has 3 aromatic rings. The Kier molecular flexibility index (Phi) is 4.75. The Labute approximate surface area is 153 Å². The summed E-state index contributed by atoms with van der Waals surface area (Å²) in [6.45, 7) is 2.96. The second-order valence-corrected chi connectivity index (χ2v) is 6.77. The third-order valence-electron chi connectivity index (χ3n) is 4.23. The lowest BCUT2D eigenvalue weighted by Crippen LogP contribution is -2.24. The number of hydrogen-bond acceptors (Lipinski definition) is 3. The number of fused-ring (bicyclic) bond motifs is 1. The first-order valence-electron chi connectivity index (χ1n) is 8.04. The standard InChI is InChI=1S/C18H18ClF2N3O2/c1-9(2)13-7-10(3)24-15(13)17(25)23(4)16(22-24)12-6-5-11(8-14(12)19)26-18(20)21/h5-9,18H,1-4H3. The fourth-order valence-electron chi connectivity index (χ4n) is 2.94. The number of aryl methyl sites for hydroxylation is 1. The van der Waals surface area contributed by atoms with Crippen LogP contribution in [0.25, 0.3) is 16.9 Å². The summed E-state index contributed by atoms with van der Waals surface area (Å²) in [6, 6.07) is 6.10. The van der Waals surface area contributed by atoms with Gasteiger partial charge >= 0.3 is 6.61 Å². The van der Waals surface area contributed by atoms with Gasteiger partial charge in [0.15, 0.2) is 5.82 Å². The van der Waals surface area contributed by atoms with E-state index in [9.17, 15) is 13.6 Å². The molecule has 0 bridgehead atoms. The van der Waals surface area contributed by atoms with Crippen molar-refractivity contribution in [2.45, 2.75) is 33.3 Å². The predicted octanol–water partition coefficient (Wildman–Crippen LogP) is 4.39. The number of ether oxygens (including phenoxy) is 1. The number of rotatable bonds is 4. The topological polar surface area (TPSA) is 48.5 Å². The Hall–Kier alpha value is -2.41. The van der Waals surface area contributed by atoms with Crippen LogP contribution in [0.1, 0.15) is 31.0 Å². The van der Waals surface area contributed by atoms with Crippen LogP contribution in [-0.4, -0.2) is 20.8 Å². The zero-order valence-electron chi connectivity index (χ0n) is 14.8. The van der Waals surface area contributed by atoms with Crippen molar-refractivity contribution in [1.82, 2.24) is 14.2 Å². The number of alkyl halides is 2. The maximum atomic E-state index is 12.9. The van der Waals surface area contributed by atoms with Crippen molar-refractivity contribution in [3.63, 3.8) is 0 Å². The van der Waals surface area contributed by atoms with E-state index in [1.165, 1.54) is 22.8 Å². The van der Waals surface area contributed by atoms with E-state index in [1.807, 2.05) is 26.8 Å². The molecule has 5 nitrogen and oxygen atoms in total. The summed E-state index contributed by atoms with van der Waals surface area (Å²) in [5.41, 5.74) is 2.53. The molecule has 1 aromatic carbocycles. The van der Waals surface area contributed by atoms with Crippen molar-refractivity contribution in [2.75, 3.05) is 0 Å². The Morgan fingerprint density at radius 2 is 1.92 bits per heavy atom. The number of hydrogen-bond donors (Lipinski definition) is 0. The molecule has 0 N–H and O–H groups in total. The highest BCUT2D eigenvalue weighted by atomic mass is 35.5. The van der Waals surface area contributed by atoms with Crippen LogP contribution in [0.2, 0.25) is 5.02 Å². The summed E-state index contributed by atoms with van der Waals surface area (Å²) in [5, 5.41) is 4.73.